The number of carbonyl (C=O) groups is 4. The highest BCUT2D eigenvalue weighted by atomic mass is 16.6. The predicted octanol–water partition coefficient (Wildman–Crippen LogP) is 4.66. The van der Waals surface area contributed by atoms with Crippen molar-refractivity contribution in [2.45, 2.75) is 6.92 Å². The largest absolute Gasteiger partial charge is 0.490 e. The van der Waals surface area contributed by atoms with Gasteiger partial charge < -0.3 is 14.8 Å². The second-order valence-corrected chi connectivity index (χ2v) is 8.92. The molecule has 11 heteroatoms. The lowest BCUT2D eigenvalue weighted by atomic mass is 9.94. The van der Waals surface area contributed by atoms with Crippen molar-refractivity contribution < 1.29 is 33.6 Å². The van der Waals surface area contributed by atoms with Crippen LogP contribution in [0.3, 0.4) is 0 Å². The van der Waals surface area contributed by atoms with Crippen LogP contribution < -0.4 is 15.0 Å². The molecule has 0 saturated carbocycles. The van der Waals surface area contributed by atoms with Crippen molar-refractivity contribution >= 4 is 51.5 Å². The van der Waals surface area contributed by atoms with Gasteiger partial charge in [-0.3, -0.25) is 24.5 Å². The summed E-state index contributed by atoms with van der Waals surface area (Å²) < 4.78 is 10.1. The van der Waals surface area contributed by atoms with Crippen molar-refractivity contribution in [3.05, 3.63) is 105 Å². The molecule has 4 aromatic rings. The number of hydrogen-bond acceptors (Lipinski definition) is 8. The summed E-state index contributed by atoms with van der Waals surface area (Å²) in [5.74, 6) is -2.44. The number of imide groups is 1. The lowest BCUT2D eigenvalue weighted by molar-refractivity contribution is -0.385. The number of benzene rings is 4. The van der Waals surface area contributed by atoms with Crippen LogP contribution in [0.1, 0.15) is 36.6 Å². The van der Waals surface area contributed by atoms with Crippen LogP contribution in [-0.2, 0) is 9.53 Å². The SMILES string of the molecule is COc1cc(NC(=O)COC(=O)c2ccc(N3C(=O)c4cccc5cccc(c45)C3=O)cc2)c(C)cc1[N+](=O)[O-]. The molecular weight excluding hydrogens is 518 g/mol. The Morgan fingerprint density at radius 1 is 0.950 bits per heavy atom. The molecule has 1 heterocycles. The van der Waals surface area contributed by atoms with E-state index in [-0.39, 0.29) is 28.4 Å². The van der Waals surface area contributed by atoms with E-state index < -0.39 is 35.2 Å². The van der Waals surface area contributed by atoms with Crippen LogP contribution in [0, 0.1) is 17.0 Å². The smallest absolute Gasteiger partial charge is 0.338 e. The van der Waals surface area contributed by atoms with Crippen LogP contribution in [0.5, 0.6) is 5.75 Å². The van der Waals surface area contributed by atoms with Gasteiger partial charge in [0.2, 0.25) is 0 Å². The number of nitro groups is 1. The van der Waals surface area contributed by atoms with Crippen LogP contribution in [0.25, 0.3) is 10.8 Å². The number of aryl methyl sites for hydroxylation is 1. The van der Waals surface area contributed by atoms with Crippen LogP contribution in [-0.4, -0.2) is 42.3 Å². The summed E-state index contributed by atoms with van der Waals surface area (Å²) in [5.41, 5.74) is 1.63. The first-order valence-electron chi connectivity index (χ1n) is 12.0. The molecular formula is C29H21N3O8. The fourth-order valence-corrected chi connectivity index (χ4v) is 4.53. The number of nitro benzene ring substituents is 1. The molecule has 0 aromatic heterocycles. The van der Waals surface area contributed by atoms with E-state index in [0.29, 0.717) is 22.1 Å². The maximum absolute atomic E-state index is 13.2. The number of esters is 1. The van der Waals surface area contributed by atoms with Gasteiger partial charge in [0.25, 0.3) is 17.7 Å². The van der Waals surface area contributed by atoms with E-state index in [1.165, 1.54) is 43.5 Å². The van der Waals surface area contributed by atoms with E-state index in [9.17, 15) is 29.3 Å². The zero-order valence-electron chi connectivity index (χ0n) is 21.3. The zero-order chi connectivity index (χ0) is 28.6. The first-order chi connectivity index (χ1) is 19.2. The monoisotopic (exact) mass is 539 g/mol. The summed E-state index contributed by atoms with van der Waals surface area (Å²) in [7, 11) is 1.27. The van der Waals surface area contributed by atoms with Crippen molar-refractivity contribution in [3.8, 4) is 5.75 Å². The third kappa shape index (κ3) is 4.60. The topological polar surface area (TPSA) is 145 Å². The summed E-state index contributed by atoms with van der Waals surface area (Å²) in [6.45, 7) is 0.954. The number of methoxy groups -OCH3 is 1. The Morgan fingerprint density at radius 2 is 1.57 bits per heavy atom. The molecule has 5 rings (SSSR count). The van der Waals surface area contributed by atoms with E-state index in [1.54, 1.807) is 31.2 Å². The van der Waals surface area contributed by atoms with Crippen molar-refractivity contribution in [3.63, 3.8) is 0 Å². The minimum atomic E-state index is -0.800. The summed E-state index contributed by atoms with van der Waals surface area (Å²) in [6, 6.07) is 18.8. The highest BCUT2D eigenvalue weighted by Gasteiger charge is 2.33. The Kier molecular flexibility index (Phi) is 6.70. The predicted molar refractivity (Wildman–Crippen MR) is 145 cm³/mol. The maximum Gasteiger partial charge on any atom is 0.338 e. The van der Waals surface area contributed by atoms with Gasteiger partial charge in [0.1, 0.15) is 0 Å². The van der Waals surface area contributed by atoms with Crippen molar-refractivity contribution in [2.75, 3.05) is 23.9 Å². The van der Waals surface area contributed by atoms with Gasteiger partial charge in [-0.1, -0.05) is 24.3 Å². The first kappa shape index (κ1) is 26.0. The second-order valence-electron chi connectivity index (χ2n) is 8.92. The minimum Gasteiger partial charge on any atom is -0.490 e. The number of carbonyl (C=O) groups excluding carboxylic acids is 4. The molecule has 0 radical (unpaired) electrons. The highest BCUT2D eigenvalue weighted by Crippen LogP contribution is 2.34. The van der Waals surface area contributed by atoms with Gasteiger partial charge in [-0.05, 0) is 54.3 Å². The van der Waals surface area contributed by atoms with Crippen LogP contribution in [0.2, 0.25) is 0 Å². The van der Waals surface area contributed by atoms with E-state index in [0.717, 1.165) is 10.3 Å². The van der Waals surface area contributed by atoms with Crippen LogP contribution >= 0.6 is 0 Å². The van der Waals surface area contributed by atoms with Gasteiger partial charge in [0, 0.05) is 34.3 Å². The average molecular weight is 540 g/mol. The molecule has 0 spiro atoms. The summed E-state index contributed by atoms with van der Waals surface area (Å²) >= 11 is 0. The van der Waals surface area contributed by atoms with Gasteiger partial charge in [0.05, 0.1) is 23.3 Å². The number of amides is 3. The molecule has 4 aromatic carbocycles. The van der Waals surface area contributed by atoms with Gasteiger partial charge >= 0.3 is 11.7 Å². The molecule has 200 valence electrons. The third-order valence-corrected chi connectivity index (χ3v) is 6.46. The second kappa shape index (κ2) is 10.3. The summed E-state index contributed by atoms with van der Waals surface area (Å²) in [4.78, 5) is 63.0. The van der Waals surface area contributed by atoms with Gasteiger partial charge in [-0.2, -0.15) is 0 Å². The van der Waals surface area contributed by atoms with Crippen LogP contribution in [0.4, 0.5) is 17.1 Å². The van der Waals surface area contributed by atoms with E-state index in [2.05, 4.69) is 5.32 Å². The Bertz CT molecular complexity index is 1680. The van der Waals surface area contributed by atoms with Crippen molar-refractivity contribution in [1.29, 1.82) is 0 Å². The lowest BCUT2D eigenvalue weighted by Crippen LogP contribution is -2.40. The minimum absolute atomic E-state index is 0.0335. The summed E-state index contributed by atoms with van der Waals surface area (Å²) in [5, 5.41) is 15.1. The fourth-order valence-electron chi connectivity index (χ4n) is 4.53. The number of anilines is 2. The quantitative estimate of drug-likeness (QED) is 0.154. The number of nitrogens with one attached hydrogen (secondary N) is 1. The Hall–Kier alpha value is -5.58. The number of rotatable bonds is 7. The van der Waals surface area contributed by atoms with Crippen molar-refractivity contribution in [2.24, 2.45) is 0 Å². The molecule has 1 aliphatic rings. The molecule has 0 aliphatic carbocycles. The van der Waals surface area contributed by atoms with Gasteiger partial charge in [0.15, 0.2) is 12.4 Å². The molecule has 0 unspecified atom stereocenters. The van der Waals surface area contributed by atoms with Gasteiger partial charge in [-0.25, -0.2) is 9.69 Å². The Labute approximate surface area is 227 Å². The molecule has 0 bridgehead atoms. The third-order valence-electron chi connectivity index (χ3n) is 6.46. The van der Waals surface area contributed by atoms with Crippen molar-refractivity contribution in [1.82, 2.24) is 0 Å². The van der Waals surface area contributed by atoms with Crippen LogP contribution in [0.15, 0.2) is 72.8 Å². The number of hydrogen-bond donors (Lipinski definition) is 1. The lowest BCUT2D eigenvalue weighted by Gasteiger charge is -2.27. The number of ether oxygens (including phenoxy) is 2. The molecule has 1 N–H and O–H groups in total. The van der Waals surface area contributed by atoms with Gasteiger partial charge in [-0.15, -0.1) is 0 Å². The maximum atomic E-state index is 13.2. The zero-order valence-corrected chi connectivity index (χ0v) is 21.3. The molecule has 3 amide bonds. The fraction of sp³-hybridized carbons (Fsp3) is 0.103. The standard InChI is InChI=1S/C29H21N3O8/c1-16-13-23(32(37)38)24(39-2)14-22(16)30-25(33)15-40-29(36)18-9-11-19(12-10-18)31-27(34)20-7-3-5-17-6-4-8-21(26(17)20)28(31)35/h3-14H,15H2,1-2H3,(H,30,33). The van der Waals surface area contributed by atoms with E-state index >= 15 is 0 Å². The molecule has 0 atom stereocenters. The average Bonchev–Trinajstić information content (AvgIpc) is 2.95. The Balaban J connectivity index is 1.26. The van der Waals surface area contributed by atoms with E-state index in [4.69, 9.17) is 9.47 Å². The molecule has 1 aliphatic heterocycles. The number of nitrogens with zero attached hydrogens (tertiary/aromatic N) is 2. The Morgan fingerprint density at radius 3 is 2.15 bits per heavy atom. The summed E-state index contributed by atoms with van der Waals surface area (Å²) in [6.07, 6.45) is 0. The molecule has 0 fully saturated rings. The molecule has 11 nitrogen and oxygen atoms in total. The first-order valence-corrected chi connectivity index (χ1v) is 12.0. The van der Waals surface area contributed by atoms with E-state index in [1.807, 2.05) is 12.1 Å². The normalized spacial score (nSPS) is 12.3. The highest BCUT2D eigenvalue weighted by molar-refractivity contribution is 6.35. The molecule has 0 saturated heterocycles. The molecule has 40 heavy (non-hydrogen) atoms.